The van der Waals surface area contributed by atoms with Crippen molar-refractivity contribution < 1.29 is 9.47 Å². The summed E-state index contributed by atoms with van der Waals surface area (Å²) < 4.78 is 10.9. The molecule has 1 aliphatic rings. The van der Waals surface area contributed by atoms with Crippen molar-refractivity contribution in [2.24, 2.45) is 10.4 Å². The first-order valence-corrected chi connectivity index (χ1v) is 8.37. The van der Waals surface area contributed by atoms with Gasteiger partial charge in [0.05, 0.1) is 7.11 Å². The summed E-state index contributed by atoms with van der Waals surface area (Å²) in [5.41, 5.74) is 1.52. The molecule has 5 nitrogen and oxygen atoms in total. The third-order valence-electron chi connectivity index (χ3n) is 4.43. The minimum atomic E-state index is 0. The predicted molar refractivity (Wildman–Crippen MR) is 109 cm³/mol. The fourth-order valence-corrected chi connectivity index (χ4v) is 2.64. The Morgan fingerprint density at radius 1 is 1.25 bits per heavy atom. The van der Waals surface area contributed by atoms with Crippen LogP contribution in [0, 0.1) is 5.41 Å². The number of hydrogen-bond acceptors (Lipinski definition) is 3. The lowest BCUT2D eigenvalue weighted by molar-refractivity contribution is 0.128. The second-order valence-corrected chi connectivity index (χ2v) is 6.04. The Kier molecular flexibility index (Phi) is 9.43. The number of guanidine groups is 1. The Balaban J connectivity index is 0.00000288. The van der Waals surface area contributed by atoms with Gasteiger partial charge in [0.2, 0.25) is 0 Å². The van der Waals surface area contributed by atoms with Crippen LogP contribution in [0.5, 0.6) is 5.75 Å². The van der Waals surface area contributed by atoms with Crippen LogP contribution in [0.4, 0.5) is 0 Å². The minimum absolute atomic E-state index is 0. The molecule has 1 aromatic carbocycles. The van der Waals surface area contributed by atoms with Crippen LogP contribution in [0.25, 0.3) is 0 Å². The average Bonchev–Trinajstić information content (AvgIpc) is 3.36. The average molecular weight is 447 g/mol. The number of nitrogens with zero attached hydrogens (tertiary/aromatic N) is 1. The summed E-state index contributed by atoms with van der Waals surface area (Å²) >= 11 is 0. The molecule has 0 unspecified atom stereocenters. The van der Waals surface area contributed by atoms with Gasteiger partial charge in [-0.25, -0.2) is 0 Å². The molecule has 0 amide bonds. The van der Waals surface area contributed by atoms with Crippen LogP contribution in [-0.4, -0.2) is 39.9 Å². The molecule has 136 valence electrons. The third kappa shape index (κ3) is 6.47. The molecule has 0 spiro atoms. The van der Waals surface area contributed by atoms with Gasteiger partial charge in [0.25, 0.3) is 0 Å². The number of nitrogens with one attached hydrogen (secondary N) is 2. The molecule has 24 heavy (non-hydrogen) atoms. The second kappa shape index (κ2) is 10.8. The molecule has 1 saturated carbocycles. The van der Waals surface area contributed by atoms with Gasteiger partial charge >= 0.3 is 0 Å². The maximum Gasteiger partial charge on any atom is 0.191 e. The topological polar surface area (TPSA) is 54.9 Å². The smallest absolute Gasteiger partial charge is 0.191 e. The molecule has 0 radical (unpaired) electrons. The van der Waals surface area contributed by atoms with Crippen molar-refractivity contribution in [2.75, 3.05) is 33.9 Å². The van der Waals surface area contributed by atoms with Crippen LogP contribution >= 0.6 is 24.0 Å². The number of aliphatic imine (C=N–C) groups is 1. The summed E-state index contributed by atoms with van der Waals surface area (Å²) in [5, 5.41) is 6.81. The van der Waals surface area contributed by atoms with Gasteiger partial charge in [-0.2, -0.15) is 0 Å². The van der Waals surface area contributed by atoms with E-state index >= 15 is 0 Å². The van der Waals surface area contributed by atoms with Crippen molar-refractivity contribution in [3.8, 4) is 5.75 Å². The fourth-order valence-electron chi connectivity index (χ4n) is 2.64. The summed E-state index contributed by atoms with van der Waals surface area (Å²) in [4.78, 5) is 4.31. The monoisotopic (exact) mass is 447 g/mol. The molecular formula is C18H30IN3O2. The number of rotatable bonds is 9. The third-order valence-corrected chi connectivity index (χ3v) is 4.43. The number of hydrogen-bond donors (Lipinski definition) is 2. The van der Waals surface area contributed by atoms with Crippen LogP contribution in [-0.2, 0) is 11.3 Å². The highest BCUT2D eigenvalue weighted by atomic mass is 127. The number of ether oxygens (including phenoxy) is 2. The number of benzene rings is 1. The van der Waals surface area contributed by atoms with Gasteiger partial charge in [-0.15, -0.1) is 24.0 Å². The van der Waals surface area contributed by atoms with E-state index in [1.807, 2.05) is 25.1 Å². The maximum absolute atomic E-state index is 5.49. The minimum Gasteiger partial charge on any atom is -0.496 e. The quantitative estimate of drug-likeness (QED) is 0.264. The van der Waals surface area contributed by atoms with Crippen LogP contribution in [0.3, 0.4) is 0 Å². The Morgan fingerprint density at radius 3 is 2.62 bits per heavy atom. The standard InChI is InChI=1S/C18H29N3O2.HI/c1-4-23-12-11-18(9-10-18)14-21-17(19-2)20-13-15-7-5-6-8-16(15)22-3;/h5-8H,4,9-14H2,1-3H3,(H2,19,20,21);1H. The molecule has 0 atom stereocenters. The van der Waals surface area contributed by atoms with E-state index in [1.54, 1.807) is 14.2 Å². The van der Waals surface area contributed by atoms with E-state index in [4.69, 9.17) is 9.47 Å². The van der Waals surface area contributed by atoms with Crippen LogP contribution < -0.4 is 15.4 Å². The van der Waals surface area contributed by atoms with Crippen LogP contribution in [0.2, 0.25) is 0 Å². The largest absolute Gasteiger partial charge is 0.496 e. The molecule has 0 aromatic heterocycles. The number of methoxy groups -OCH3 is 1. The molecule has 0 heterocycles. The van der Waals surface area contributed by atoms with Crippen molar-refractivity contribution in [3.05, 3.63) is 29.8 Å². The highest BCUT2D eigenvalue weighted by molar-refractivity contribution is 14.0. The zero-order chi connectivity index (χ0) is 16.5. The van der Waals surface area contributed by atoms with Crippen molar-refractivity contribution in [2.45, 2.75) is 32.7 Å². The molecule has 1 aliphatic carbocycles. The van der Waals surface area contributed by atoms with E-state index in [9.17, 15) is 0 Å². The van der Waals surface area contributed by atoms with Gasteiger partial charge in [-0.1, -0.05) is 18.2 Å². The van der Waals surface area contributed by atoms with Gasteiger partial charge in [-0.3, -0.25) is 4.99 Å². The molecule has 6 heteroatoms. The molecule has 1 aromatic rings. The van der Waals surface area contributed by atoms with E-state index in [0.717, 1.165) is 43.5 Å². The summed E-state index contributed by atoms with van der Waals surface area (Å²) in [6.45, 7) is 5.33. The zero-order valence-corrected chi connectivity index (χ0v) is 17.3. The van der Waals surface area contributed by atoms with E-state index in [2.05, 4.69) is 21.7 Å². The first-order valence-electron chi connectivity index (χ1n) is 8.37. The lowest BCUT2D eigenvalue weighted by atomic mass is 10.0. The zero-order valence-electron chi connectivity index (χ0n) is 14.9. The van der Waals surface area contributed by atoms with E-state index in [-0.39, 0.29) is 24.0 Å². The lowest BCUT2D eigenvalue weighted by Gasteiger charge is -2.19. The molecule has 1 fully saturated rings. The summed E-state index contributed by atoms with van der Waals surface area (Å²) in [6, 6.07) is 8.02. The van der Waals surface area contributed by atoms with Gasteiger partial charge in [0.1, 0.15) is 5.75 Å². The lowest BCUT2D eigenvalue weighted by Crippen LogP contribution is -2.40. The normalized spacial score (nSPS) is 15.4. The molecular weight excluding hydrogens is 417 g/mol. The van der Waals surface area contributed by atoms with E-state index < -0.39 is 0 Å². The Hall–Kier alpha value is -1.02. The van der Waals surface area contributed by atoms with Gasteiger partial charge in [0.15, 0.2) is 5.96 Å². The van der Waals surface area contributed by atoms with Crippen molar-refractivity contribution in [1.82, 2.24) is 10.6 Å². The van der Waals surface area contributed by atoms with E-state index in [0.29, 0.717) is 12.0 Å². The molecule has 0 aliphatic heterocycles. The molecule has 2 rings (SSSR count). The van der Waals surface area contributed by atoms with E-state index in [1.165, 1.54) is 12.8 Å². The Bertz CT molecular complexity index is 519. The highest BCUT2D eigenvalue weighted by Crippen LogP contribution is 2.48. The summed E-state index contributed by atoms with van der Waals surface area (Å²) in [5.74, 6) is 1.73. The predicted octanol–water partition coefficient (Wildman–Crippen LogP) is 3.19. The van der Waals surface area contributed by atoms with Crippen molar-refractivity contribution >= 4 is 29.9 Å². The van der Waals surface area contributed by atoms with Crippen LogP contribution in [0.15, 0.2) is 29.3 Å². The summed E-state index contributed by atoms with van der Waals surface area (Å²) in [6.07, 6.45) is 3.67. The maximum atomic E-state index is 5.49. The molecule has 2 N–H and O–H groups in total. The first-order chi connectivity index (χ1) is 11.2. The summed E-state index contributed by atoms with van der Waals surface area (Å²) in [7, 11) is 3.50. The fraction of sp³-hybridized carbons (Fsp3) is 0.611. The first kappa shape index (κ1) is 21.0. The van der Waals surface area contributed by atoms with Crippen molar-refractivity contribution in [1.29, 1.82) is 0 Å². The van der Waals surface area contributed by atoms with Crippen LogP contribution in [0.1, 0.15) is 31.7 Å². The molecule has 0 saturated heterocycles. The van der Waals surface area contributed by atoms with Gasteiger partial charge < -0.3 is 20.1 Å². The highest BCUT2D eigenvalue weighted by Gasteiger charge is 2.41. The van der Waals surface area contributed by atoms with Gasteiger partial charge in [-0.05, 0) is 37.7 Å². The Labute approximate surface area is 162 Å². The SMILES string of the molecule is CCOCCC1(CNC(=NC)NCc2ccccc2OC)CC1.I. The van der Waals surface area contributed by atoms with Crippen molar-refractivity contribution in [3.63, 3.8) is 0 Å². The number of para-hydroxylation sites is 1. The number of halogens is 1. The van der Waals surface area contributed by atoms with Gasteiger partial charge in [0, 0.05) is 38.9 Å². The Morgan fingerprint density at radius 2 is 2.00 bits per heavy atom. The molecule has 0 bridgehead atoms. The second-order valence-electron chi connectivity index (χ2n) is 6.04.